The van der Waals surface area contributed by atoms with Crippen LogP contribution in [0, 0.1) is 0 Å². The van der Waals surface area contributed by atoms with Crippen LogP contribution in [0.3, 0.4) is 0 Å². The van der Waals surface area contributed by atoms with Gasteiger partial charge >= 0.3 is 7.69 Å². The highest BCUT2D eigenvalue weighted by Crippen LogP contribution is 2.40. The molecule has 4 aromatic carbocycles. The molecule has 0 bridgehead atoms. The monoisotopic (exact) mass is 377 g/mol. The third-order valence-electron chi connectivity index (χ3n) is 5.51. The number of furan rings is 1. The summed E-state index contributed by atoms with van der Waals surface area (Å²) in [7, 11) is -0.335. The van der Waals surface area contributed by atoms with Gasteiger partial charge in [0.05, 0.1) is 16.4 Å². The zero-order valence-corrected chi connectivity index (χ0v) is 15.5. The van der Waals surface area contributed by atoms with Gasteiger partial charge in [-0.2, -0.15) is 0 Å². The molecule has 6 rings (SSSR count). The Bertz CT molecular complexity index is 1510. The lowest BCUT2D eigenvalue weighted by molar-refractivity contribution is 0.454. The number of benzene rings is 4. The Morgan fingerprint density at radius 2 is 1.48 bits per heavy atom. The quantitative estimate of drug-likeness (QED) is 0.425. The van der Waals surface area contributed by atoms with Gasteiger partial charge in [-0.15, -0.1) is 0 Å². The van der Waals surface area contributed by atoms with Gasteiger partial charge in [0.15, 0.2) is 0 Å². The predicted molar refractivity (Wildman–Crippen MR) is 118 cm³/mol. The number of rotatable bonds is 3. The number of hydrogen-bond acceptors (Lipinski definition) is 3. The smallest absolute Gasteiger partial charge is 0.504 e. The predicted octanol–water partition coefficient (Wildman–Crippen LogP) is 5.32. The molecule has 5 heteroatoms. The van der Waals surface area contributed by atoms with Gasteiger partial charge in [0, 0.05) is 21.8 Å². The van der Waals surface area contributed by atoms with Crippen molar-refractivity contribution in [3.05, 3.63) is 84.9 Å². The third kappa shape index (κ3) is 2.31. The molecule has 0 aliphatic heterocycles. The maximum absolute atomic E-state index is 8.98. The van der Waals surface area contributed by atoms with Crippen molar-refractivity contribution in [2.24, 2.45) is 0 Å². The molecule has 0 fully saturated rings. The highest BCUT2D eigenvalue weighted by atomic mass is 16.5. The Kier molecular flexibility index (Phi) is 3.46. The number of aromatic nitrogens is 1. The highest BCUT2D eigenvalue weighted by Gasteiger charge is 2.18. The molecule has 0 saturated heterocycles. The summed E-state index contributed by atoms with van der Waals surface area (Å²) in [6.07, 6.45) is 0. The topological polar surface area (TPSA) is 47.5 Å². The molecule has 0 spiro atoms. The second kappa shape index (κ2) is 6.16. The van der Waals surface area contributed by atoms with E-state index in [4.69, 9.17) is 14.1 Å². The molecule has 4 nitrogen and oxygen atoms in total. The molecule has 0 radical (unpaired) electrons. The van der Waals surface area contributed by atoms with Crippen LogP contribution in [-0.2, 0) is 0 Å². The Labute approximate surface area is 166 Å². The van der Waals surface area contributed by atoms with Crippen LogP contribution in [0.4, 0.5) is 0 Å². The van der Waals surface area contributed by atoms with Gasteiger partial charge in [-0.3, -0.25) is 0 Å². The van der Waals surface area contributed by atoms with Crippen molar-refractivity contribution in [3.8, 4) is 11.4 Å². The second-order valence-corrected chi connectivity index (χ2v) is 7.05. The average Bonchev–Trinajstić information content (AvgIpc) is 3.30. The number of fused-ring (bicyclic) bond motifs is 7. The van der Waals surface area contributed by atoms with E-state index in [0.29, 0.717) is 5.75 Å². The van der Waals surface area contributed by atoms with Gasteiger partial charge < -0.3 is 18.7 Å². The fourth-order valence-electron chi connectivity index (χ4n) is 4.28. The Morgan fingerprint density at radius 1 is 0.724 bits per heavy atom. The van der Waals surface area contributed by atoms with E-state index in [-0.39, 0.29) is 7.69 Å². The van der Waals surface area contributed by atoms with Crippen LogP contribution in [0.5, 0.6) is 5.75 Å². The van der Waals surface area contributed by atoms with Crippen molar-refractivity contribution >= 4 is 51.4 Å². The average molecular weight is 377 g/mol. The summed E-state index contributed by atoms with van der Waals surface area (Å²) in [5.41, 5.74) is 5.05. The van der Waals surface area contributed by atoms with E-state index in [2.05, 4.69) is 47.0 Å². The fraction of sp³-hybridized carbons (Fsp3) is 0. The lowest BCUT2D eigenvalue weighted by Crippen LogP contribution is -2.00. The van der Waals surface area contributed by atoms with E-state index < -0.39 is 0 Å². The second-order valence-electron chi connectivity index (χ2n) is 7.05. The van der Waals surface area contributed by atoms with Crippen LogP contribution in [0.2, 0.25) is 0 Å². The zero-order valence-electron chi connectivity index (χ0n) is 15.5. The first-order valence-corrected chi connectivity index (χ1v) is 9.52. The molecule has 1 N–H and O–H groups in total. The minimum Gasteiger partial charge on any atom is -0.539 e. The zero-order chi connectivity index (χ0) is 19.4. The molecule has 29 heavy (non-hydrogen) atoms. The summed E-state index contributed by atoms with van der Waals surface area (Å²) < 4.78 is 13.7. The molecule has 2 aromatic heterocycles. The van der Waals surface area contributed by atoms with Crippen LogP contribution in [0.15, 0.2) is 89.3 Å². The van der Waals surface area contributed by atoms with Crippen molar-refractivity contribution in [2.45, 2.75) is 0 Å². The van der Waals surface area contributed by atoms with Crippen molar-refractivity contribution in [3.63, 3.8) is 0 Å². The van der Waals surface area contributed by atoms with Crippen LogP contribution < -0.4 is 4.65 Å². The van der Waals surface area contributed by atoms with Crippen LogP contribution in [-0.4, -0.2) is 17.3 Å². The van der Waals surface area contributed by atoms with Gasteiger partial charge in [-0.25, -0.2) is 0 Å². The Morgan fingerprint density at radius 3 is 2.31 bits per heavy atom. The summed E-state index contributed by atoms with van der Waals surface area (Å²) in [6, 6.07) is 28.6. The molecule has 0 amide bonds. The molecule has 6 aromatic rings. The summed E-state index contributed by atoms with van der Waals surface area (Å²) in [6.45, 7) is 0. The third-order valence-corrected chi connectivity index (χ3v) is 5.51. The van der Waals surface area contributed by atoms with Crippen molar-refractivity contribution in [1.82, 2.24) is 4.57 Å². The van der Waals surface area contributed by atoms with Crippen LogP contribution >= 0.6 is 0 Å². The van der Waals surface area contributed by atoms with Gasteiger partial charge in [-0.05, 0) is 48.5 Å². The summed E-state index contributed by atoms with van der Waals surface area (Å²) in [5.74, 6) is 0.636. The molecule has 0 saturated carbocycles. The molecular weight excluding hydrogens is 361 g/mol. The molecule has 0 unspecified atom stereocenters. The van der Waals surface area contributed by atoms with Crippen LogP contribution in [0.1, 0.15) is 0 Å². The Balaban J connectivity index is 1.73. The molecule has 0 atom stereocenters. The first-order chi connectivity index (χ1) is 14.3. The van der Waals surface area contributed by atoms with Crippen molar-refractivity contribution in [2.75, 3.05) is 0 Å². The minimum atomic E-state index is -0.335. The van der Waals surface area contributed by atoms with Gasteiger partial charge in [0.1, 0.15) is 16.9 Å². The lowest BCUT2D eigenvalue weighted by Gasteiger charge is -2.09. The maximum Gasteiger partial charge on any atom is 0.504 e. The standard InChI is InChI=1S/C24H16BNO3/c27-25-29-16-11-9-15(10-12-16)26-20-7-3-1-6-19(20)23-21(26)14-13-18-17-5-2-4-8-22(17)28-24(18)23/h1-14,25,27H. The molecule has 0 aliphatic carbocycles. The first-order valence-electron chi connectivity index (χ1n) is 9.52. The van der Waals surface area contributed by atoms with E-state index in [0.717, 1.165) is 49.4 Å². The highest BCUT2D eigenvalue weighted by molar-refractivity contribution is 6.23. The number of hydrogen-bond donors (Lipinski definition) is 1. The van der Waals surface area contributed by atoms with Crippen LogP contribution in [0.25, 0.3) is 49.4 Å². The minimum absolute atomic E-state index is 0.335. The van der Waals surface area contributed by atoms with E-state index >= 15 is 0 Å². The Hall–Kier alpha value is -3.70. The summed E-state index contributed by atoms with van der Waals surface area (Å²) in [4.78, 5) is 0. The molecule has 138 valence electrons. The van der Waals surface area contributed by atoms with E-state index in [9.17, 15) is 0 Å². The molecular formula is C24H16BNO3. The van der Waals surface area contributed by atoms with Gasteiger partial charge in [-0.1, -0.05) is 36.4 Å². The van der Waals surface area contributed by atoms with E-state index in [1.54, 1.807) is 0 Å². The van der Waals surface area contributed by atoms with Crippen molar-refractivity contribution < 1.29 is 14.1 Å². The van der Waals surface area contributed by atoms with Gasteiger partial charge in [0.25, 0.3) is 0 Å². The maximum atomic E-state index is 8.98. The van der Waals surface area contributed by atoms with Crippen molar-refractivity contribution in [1.29, 1.82) is 0 Å². The largest absolute Gasteiger partial charge is 0.539 e. The number of para-hydroxylation sites is 2. The SMILES string of the molecule is OBOc1ccc(-n2c3ccccc3c3c4oc5ccccc5c4ccc32)cc1. The molecule has 2 heterocycles. The number of nitrogens with zero attached hydrogens (tertiary/aromatic N) is 1. The molecule has 0 aliphatic rings. The summed E-state index contributed by atoms with van der Waals surface area (Å²) >= 11 is 0. The van der Waals surface area contributed by atoms with E-state index in [1.807, 2.05) is 42.5 Å². The normalized spacial score (nSPS) is 11.6. The first kappa shape index (κ1) is 16.3. The lowest BCUT2D eigenvalue weighted by atomic mass is 10.1. The fourth-order valence-corrected chi connectivity index (χ4v) is 4.28. The summed E-state index contributed by atoms with van der Waals surface area (Å²) in [5, 5.41) is 13.5. The van der Waals surface area contributed by atoms with Gasteiger partial charge in [0.2, 0.25) is 0 Å². The van der Waals surface area contributed by atoms with E-state index in [1.165, 1.54) is 0 Å².